The molecule has 0 amide bonds. The normalized spacial score (nSPS) is 24.0. The highest BCUT2D eigenvalue weighted by Gasteiger charge is 2.30. The maximum atomic E-state index is 5.88. The minimum Gasteiger partial charge on any atom is -0.373 e. The molecular formula is C15H27N3O. The molecule has 4 nitrogen and oxygen atoms in total. The second kappa shape index (κ2) is 6.06. The second-order valence-corrected chi connectivity index (χ2v) is 6.44. The number of nitrogens with one attached hydrogen (secondary N) is 1. The van der Waals surface area contributed by atoms with Gasteiger partial charge in [-0.05, 0) is 18.3 Å². The lowest BCUT2D eigenvalue weighted by Gasteiger charge is -2.25. The standard InChI is InChI=1S/C15H27N3O/c1-5-15(2,3)11-16-8-12-6-7-19-14(12)13-9-17-18(4)10-13/h9-10,12,14,16H,5-8,11H2,1-4H3/t12-,14+/m0/s1. The second-order valence-electron chi connectivity index (χ2n) is 6.44. The van der Waals surface area contributed by atoms with Crippen LogP contribution in [0.1, 0.15) is 45.3 Å². The van der Waals surface area contributed by atoms with Crippen LogP contribution in [0.3, 0.4) is 0 Å². The van der Waals surface area contributed by atoms with Gasteiger partial charge in [0.2, 0.25) is 0 Å². The van der Waals surface area contributed by atoms with Crippen molar-refractivity contribution in [1.29, 1.82) is 0 Å². The summed E-state index contributed by atoms with van der Waals surface area (Å²) >= 11 is 0. The zero-order valence-electron chi connectivity index (χ0n) is 12.6. The molecule has 0 saturated carbocycles. The third-order valence-corrected chi connectivity index (χ3v) is 4.23. The predicted molar refractivity (Wildman–Crippen MR) is 76.9 cm³/mol. The van der Waals surface area contributed by atoms with Crippen molar-refractivity contribution < 1.29 is 4.74 Å². The minimum atomic E-state index is 0.214. The Bertz CT molecular complexity index is 400. The molecule has 0 unspecified atom stereocenters. The molecule has 0 spiro atoms. The monoisotopic (exact) mass is 265 g/mol. The highest BCUT2D eigenvalue weighted by Crippen LogP contribution is 2.33. The van der Waals surface area contributed by atoms with Gasteiger partial charge in [0.15, 0.2) is 0 Å². The molecular weight excluding hydrogens is 238 g/mol. The van der Waals surface area contributed by atoms with Gasteiger partial charge in [0.1, 0.15) is 0 Å². The Hall–Kier alpha value is -0.870. The van der Waals surface area contributed by atoms with Crippen molar-refractivity contribution in [1.82, 2.24) is 15.1 Å². The van der Waals surface area contributed by atoms with Gasteiger partial charge in [-0.2, -0.15) is 5.10 Å². The Kier molecular flexibility index (Phi) is 4.63. The van der Waals surface area contributed by atoms with Gasteiger partial charge >= 0.3 is 0 Å². The number of nitrogens with zero attached hydrogens (tertiary/aromatic N) is 2. The third-order valence-electron chi connectivity index (χ3n) is 4.23. The quantitative estimate of drug-likeness (QED) is 0.859. The van der Waals surface area contributed by atoms with Crippen LogP contribution < -0.4 is 5.32 Å². The molecule has 4 heteroatoms. The molecule has 2 heterocycles. The molecule has 0 aliphatic carbocycles. The summed E-state index contributed by atoms with van der Waals surface area (Å²) in [5.74, 6) is 0.567. The molecule has 1 aliphatic heterocycles. The van der Waals surface area contributed by atoms with E-state index in [1.807, 2.05) is 17.9 Å². The Balaban J connectivity index is 1.86. The fourth-order valence-electron chi connectivity index (χ4n) is 2.52. The Morgan fingerprint density at radius 2 is 2.32 bits per heavy atom. The summed E-state index contributed by atoms with van der Waals surface area (Å²) in [6.45, 7) is 9.83. The summed E-state index contributed by atoms with van der Waals surface area (Å²) in [6, 6.07) is 0. The molecule has 1 aromatic heterocycles. The zero-order valence-corrected chi connectivity index (χ0v) is 12.6. The lowest BCUT2D eigenvalue weighted by molar-refractivity contribution is 0.0897. The highest BCUT2D eigenvalue weighted by atomic mass is 16.5. The third kappa shape index (κ3) is 3.80. The first-order valence-corrected chi connectivity index (χ1v) is 7.33. The number of rotatable bonds is 6. The fraction of sp³-hybridized carbons (Fsp3) is 0.800. The highest BCUT2D eigenvalue weighted by molar-refractivity contribution is 5.11. The minimum absolute atomic E-state index is 0.214. The maximum absolute atomic E-state index is 5.88. The zero-order chi connectivity index (χ0) is 13.9. The Morgan fingerprint density at radius 3 is 2.95 bits per heavy atom. The first-order chi connectivity index (χ1) is 9.02. The van der Waals surface area contributed by atoms with Crippen molar-refractivity contribution in [3.8, 4) is 0 Å². The topological polar surface area (TPSA) is 39.1 Å². The summed E-state index contributed by atoms with van der Waals surface area (Å²) in [5.41, 5.74) is 1.59. The largest absolute Gasteiger partial charge is 0.373 e. The number of hydrogen-bond acceptors (Lipinski definition) is 3. The van der Waals surface area contributed by atoms with Crippen LogP contribution in [-0.4, -0.2) is 29.5 Å². The van der Waals surface area contributed by atoms with Crippen molar-refractivity contribution in [2.75, 3.05) is 19.7 Å². The van der Waals surface area contributed by atoms with Gasteiger partial charge in [-0.25, -0.2) is 0 Å². The Morgan fingerprint density at radius 1 is 1.53 bits per heavy atom. The number of aryl methyl sites for hydroxylation is 1. The van der Waals surface area contributed by atoms with E-state index in [1.165, 1.54) is 12.0 Å². The molecule has 0 bridgehead atoms. The van der Waals surface area contributed by atoms with E-state index in [2.05, 4.69) is 37.4 Å². The Labute approximate surface area is 116 Å². The summed E-state index contributed by atoms with van der Waals surface area (Å²) in [5, 5.41) is 7.86. The lowest BCUT2D eigenvalue weighted by Crippen LogP contribution is -2.33. The summed E-state index contributed by atoms with van der Waals surface area (Å²) in [6.07, 6.45) is 6.55. The maximum Gasteiger partial charge on any atom is 0.0896 e. The molecule has 1 saturated heterocycles. The summed E-state index contributed by atoms with van der Waals surface area (Å²) in [4.78, 5) is 0. The summed E-state index contributed by atoms with van der Waals surface area (Å²) in [7, 11) is 1.95. The molecule has 108 valence electrons. The molecule has 1 fully saturated rings. The lowest BCUT2D eigenvalue weighted by atomic mass is 9.90. The average molecular weight is 265 g/mol. The van der Waals surface area contributed by atoms with Crippen LogP contribution in [0.2, 0.25) is 0 Å². The SMILES string of the molecule is CCC(C)(C)CNC[C@@H]1CCO[C@H]1c1cnn(C)c1. The van der Waals surface area contributed by atoms with Gasteiger partial charge in [0.05, 0.1) is 12.3 Å². The molecule has 1 N–H and O–H groups in total. The predicted octanol–water partition coefficient (Wildman–Crippen LogP) is 2.52. The van der Waals surface area contributed by atoms with Crippen LogP contribution in [-0.2, 0) is 11.8 Å². The van der Waals surface area contributed by atoms with Crippen LogP contribution in [0.25, 0.3) is 0 Å². The smallest absolute Gasteiger partial charge is 0.0896 e. The van der Waals surface area contributed by atoms with E-state index in [0.717, 1.165) is 26.1 Å². The van der Waals surface area contributed by atoms with E-state index in [0.29, 0.717) is 11.3 Å². The van der Waals surface area contributed by atoms with Crippen LogP contribution >= 0.6 is 0 Å². The van der Waals surface area contributed by atoms with Crippen LogP contribution in [0, 0.1) is 11.3 Å². The molecule has 0 aromatic carbocycles. The van der Waals surface area contributed by atoms with E-state index >= 15 is 0 Å². The van der Waals surface area contributed by atoms with Crippen molar-refractivity contribution in [2.45, 2.75) is 39.7 Å². The van der Waals surface area contributed by atoms with Gasteiger partial charge in [-0.1, -0.05) is 20.8 Å². The first-order valence-electron chi connectivity index (χ1n) is 7.33. The average Bonchev–Trinajstić information content (AvgIpc) is 2.97. The van der Waals surface area contributed by atoms with Gasteiger partial charge < -0.3 is 10.1 Å². The van der Waals surface area contributed by atoms with Crippen LogP contribution in [0.15, 0.2) is 12.4 Å². The summed E-state index contributed by atoms with van der Waals surface area (Å²) < 4.78 is 7.73. The van der Waals surface area contributed by atoms with E-state index in [9.17, 15) is 0 Å². The number of ether oxygens (including phenoxy) is 1. The fourth-order valence-corrected chi connectivity index (χ4v) is 2.52. The molecule has 19 heavy (non-hydrogen) atoms. The van der Waals surface area contributed by atoms with Gasteiger partial charge in [0.25, 0.3) is 0 Å². The van der Waals surface area contributed by atoms with E-state index in [-0.39, 0.29) is 6.10 Å². The number of hydrogen-bond donors (Lipinski definition) is 1. The molecule has 0 radical (unpaired) electrons. The van der Waals surface area contributed by atoms with Crippen molar-refractivity contribution >= 4 is 0 Å². The van der Waals surface area contributed by atoms with E-state index < -0.39 is 0 Å². The van der Waals surface area contributed by atoms with Crippen molar-refractivity contribution in [2.24, 2.45) is 18.4 Å². The van der Waals surface area contributed by atoms with E-state index in [1.54, 1.807) is 0 Å². The molecule has 1 aromatic rings. The molecule has 2 rings (SSSR count). The first kappa shape index (κ1) is 14.5. The molecule has 2 atom stereocenters. The van der Waals surface area contributed by atoms with Crippen LogP contribution in [0.4, 0.5) is 0 Å². The van der Waals surface area contributed by atoms with Crippen molar-refractivity contribution in [3.05, 3.63) is 18.0 Å². The molecule has 1 aliphatic rings. The van der Waals surface area contributed by atoms with Gasteiger partial charge in [-0.15, -0.1) is 0 Å². The van der Waals surface area contributed by atoms with Gasteiger partial charge in [0, 0.05) is 44.4 Å². The van der Waals surface area contributed by atoms with Gasteiger partial charge in [-0.3, -0.25) is 4.68 Å². The van der Waals surface area contributed by atoms with Crippen LogP contribution in [0.5, 0.6) is 0 Å². The number of aromatic nitrogens is 2. The van der Waals surface area contributed by atoms with E-state index in [4.69, 9.17) is 4.74 Å². The van der Waals surface area contributed by atoms with Crippen molar-refractivity contribution in [3.63, 3.8) is 0 Å².